The van der Waals surface area contributed by atoms with Crippen LogP contribution in [0.1, 0.15) is 15.9 Å². The Morgan fingerprint density at radius 3 is 2.41 bits per heavy atom. The van der Waals surface area contributed by atoms with E-state index in [1.165, 1.54) is 4.90 Å². The largest absolute Gasteiger partial charge is 0.351 e. The van der Waals surface area contributed by atoms with Gasteiger partial charge in [0.15, 0.2) is 0 Å². The smallest absolute Gasteiger partial charge is 0.258 e. The van der Waals surface area contributed by atoms with E-state index in [1.807, 2.05) is 6.07 Å². The van der Waals surface area contributed by atoms with Gasteiger partial charge in [-0.15, -0.1) is 0 Å². The van der Waals surface area contributed by atoms with Crippen LogP contribution in [-0.2, 0) is 16.0 Å². The van der Waals surface area contributed by atoms with E-state index in [0.717, 1.165) is 12.0 Å². The predicted molar refractivity (Wildman–Crippen MR) is 62.4 cm³/mol. The van der Waals surface area contributed by atoms with E-state index in [0.29, 0.717) is 12.0 Å². The molecule has 2 rings (SSSR count). The summed E-state index contributed by atoms with van der Waals surface area (Å²) in [6.45, 7) is 0. The van der Waals surface area contributed by atoms with Crippen molar-refractivity contribution in [2.24, 2.45) is 0 Å². The van der Waals surface area contributed by atoms with Gasteiger partial charge in [-0.05, 0) is 11.6 Å². The fourth-order valence-electron chi connectivity index (χ4n) is 1.31. The Bertz CT molecular complexity index is 441. The van der Waals surface area contributed by atoms with Crippen LogP contribution >= 0.6 is 0 Å². The lowest BCUT2D eigenvalue weighted by molar-refractivity contribution is -0.119. The highest BCUT2D eigenvalue weighted by Gasteiger charge is 2.20. The number of benzene rings is 1. The second-order valence-electron chi connectivity index (χ2n) is 3.78. The highest BCUT2D eigenvalue weighted by atomic mass is 16.2. The van der Waals surface area contributed by atoms with Gasteiger partial charge in [-0.3, -0.25) is 19.7 Å². The van der Waals surface area contributed by atoms with Crippen LogP contribution < -0.4 is 5.32 Å². The number of amides is 3. The zero-order valence-electron chi connectivity index (χ0n) is 9.77. The van der Waals surface area contributed by atoms with E-state index < -0.39 is 0 Å². The van der Waals surface area contributed by atoms with Crippen LogP contribution in [0.5, 0.6) is 0 Å². The van der Waals surface area contributed by atoms with E-state index in [1.54, 1.807) is 32.3 Å². The number of nitrogens with one attached hydrogen (secondary N) is 1. The Balaban J connectivity index is 0.000000249. The fourth-order valence-corrected chi connectivity index (χ4v) is 1.31. The minimum Gasteiger partial charge on any atom is -0.351 e. The molecule has 5 nitrogen and oxygen atoms in total. The minimum absolute atomic E-state index is 0.223. The second kappa shape index (κ2) is 5.79. The average Bonchev–Trinajstić information content (AvgIpc) is 2.29. The van der Waals surface area contributed by atoms with Crippen molar-refractivity contribution in [2.45, 2.75) is 6.42 Å². The van der Waals surface area contributed by atoms with Crippen molar-refractivity contribution in [3.63, 3.8) is 0 Å². The normalized spacial score (nSPS) is 12.8. The lowest BCUT2D eigenvalue weighted by Gasteiger charge is -2.13. The maximum absolute atomic E-state index is 11.2. The molecule has 0 radical (unpaired) electrons. The topological polar surface area (TPSA) is 66.5 Å². The number of imide groups is 1. The first kappa shape index (κ1) is 12.9. The van der Waals surface area contributed by atoms with Crippen molar-refractivity contribution in [1.29, 1.82) is 0 Å². The SMILES string of the molecule is CN(C)C=O.O=C1Cc2ccccc2C(=O)N1. The molecule has 0 saturated carbocycles. The van der Waals surface area contributed by atoms with E-state index in [-0.39, 0.29) is 11.8 Å². The quantitative estimate of drug-likeness (QED) is 0.557. The van der Waals surface area contributed by atoms with E-state index in [4.69, 9.17) is 0 Å². The van der Waals surface area contributed by atoms with Crippen LogP contribution in [0.3, 0.4) is 0 Å². The van der Waals surface area contributed by atoms with Crippen molar-refractivity contribution >= 4 is 18.2 Å². The summed E-state index contributed by atoms with van der Waals surface area (Å²) in [5, 5.41) is 2.26. The molecule has 1 aromatic carbocycles. The van der Waals surface area contributed by atoms with Crippen LogP contribution in [0.2, 0.25) is 0 Å². The summed E-state index contributed by atoms with van der Waals surface area (Å²) in [7, 11) is 3.38. The summed E-state index contributed by atoms with van der Waals surface area (Å²) >= 11 is 0. The van der Waals surface area contributed by atoms with Gasteiger partial charge >= 0.3 is 0 Å². The van der Waals surface area contributed by atoms with Gasteiger partial charge < -0.3 is 4.90 Å². The van der Waals surface area contributed by atoms with Crippen LogP contribution in [-0.4, -0.2) is 37.2 Å². The Kier molecular flexibility index (Phi) is 4.39. The molecular formula is C12H14N2O3. The number of hydrogen-bond acceptors (Lipinski definition) is 3. The molecule has 0 atom stereocenters. The summed E-state index contributed by atoms with van der Waals surface area (Å²) in [6, 6.07) is 7.13. The molecule has 5 heteroatoms. The first-order valence-corrected chi connectivity index (χ1v) is 5.08. The number of hydrogen-bond donors (Lipinski definition) is 1. The Hall–Kier alpha value is -2.17. The van der Waals surface area contributed by atoms with Crippen LogP contribution in [0.4, 0.5) is 0 Å². The highest BCUT2D eigenvalue weighted by Crippen LogP contribution is 2.12. The Morgan fingerprint density at radius 2 is 1.82 bits per heavy atom. The van der Waals surface area contributed by atoms with Gasteiger partial charge in [-0.1, -0.05) is 18.2 Å². The molecule has 0 aliphatic carbocycles. The molecule has 0 aromatic heterocycles. The summed E-state index contributed by atoms with van der Waals surface area (Å²) in [5.74, 6) is -0.513. The Labute approximate surface area is 99.4 Å². The standard InChI is InChI=1S/C9H7NO2.C3H7NO/c11-8-5-6-3-1-2-4-7(6)9(12)10-8;1-4(2)3-5/h1-4H,5H2,(H,10,11,12);3H,1-2H3. The van der Waals surface area contributed by atoms with Crippen LogP contribution in [0, 0.1) is 0 Å². The molecule has 0 unspecified atom stereocenters. The van der Waals surface area contributed by atoms with Gasteiger partial charge in [-0.25, -0.2) is 0 Å². The first-order chi connectivity index (χ1) is 8.04. The first-order valence-electron chi connectivity index (χ1n) is 5.08. The van der Waals surface area contributed by atoms with E-state index in [2.05, 4.69) is 5.32 Å². The summed E-state index contributed by atoms with van der Waals surface area (Å²) < 4.78 is 0. The average molecular weight is 234 g/mol. The van der Waals surface area contributed by atoms with Crippen LogP contribution in [0.25, 0.3) is 0 Å². The molecule has 0 saturated heterocycles. The number of nitrogens with zero attached hydrogens (tertiary/aromatic N) is 1. The molecule has 1 aliphatic heterocycles. The third-order valence-electron chi connectivity index (χ3n) is 2.08. The lowest BCUT2D eigenvalue weighted by atomic mass is 10.0. The lowest BCUT2D eigenvalue weighted by Crippen LogP contribution is -2.37. The molecule has 1 aromatic rings. The van der Waals surface area contributed by atoms with Crippen molar-refractivity contribution in [3.05, 3.63) is 35.4 Å². The molecule has 1 aliphatic rings. The van der Waals surface area contributed by atoms with Gasteiger partial charge in [-0.2, -0.15) is 0 Å². The van der Waals surface area contributed by atoms with Gasteiger partial charge in [0.2, 0.25) is 12.3 Å². The molecule has 3 amide bonds. The summed E-state index contributed by atoms with van der Waals surface area (Å²) in [5.41, 5.74) is 1.42. The monoisotopic (exact) mass is 234 g/mol. The fraction of sp³-hybridized carbons (Fsp3) is 0.250. The molecule has 1 N–H and O–H groups in total. The molecular weight excluding hydrogens is 220 g/mol. The Morgan fingerprint density at radius 1 is 1.24 bits per heavy atom. The van der Waals surface area contributed by atoms with Crippen molar-refractivity contribution in [3.8, 4) is 0 Å². The van der Waals surface area contributed by atoms with Gasteiger partial charge in [0, 0.05) is 19.7 Å². The zero-order chi connectivity index (χ0) is 12.8. The zero-order valence-corrected chi connectivity index (χ0v) is 9.77. The molecule has 0 fully saturated rings. The molecule has 17 heavy (non-hydrogen) atoms. The predicted octanol–water partition coefficient (Wildman–Crippen LogP) is 0.203. The van der Waals surface area contributed by atoms with Gasteiger partial charge in [0.1, 0.15) is 0 Å². The molecule has 0 spiro atoms. The number of carbonyl (C=O) groups is 3. The van der Waals surface area contributed by atoms with E-state index >= 15 is 0 Å². The molecule has 1 heterocycles. The number of carbonyl (C=O) groups excluding carboxylic acids is 3. The van der Waals surface area contributed by atoms with Crippen molar-refractivity contribution in [1.82, 2.24) is 10.2 Å². The second-order valence-corrected chi connectivity index (χ2v) is 3.78. The summed E-state index contributed by atoms with van der Waals surface area (Å²) in [6.07, 6.45) is 1.06. The molecule has 0 bridgehead atoms. The third-order valence-corrected chi connectivity index (χ3v) is 2.08. The van der Waals surface area contributed by atoms with E-state index in [9.17, 15) is 14.4 Å². The maximum Gasteiger partial charge on any atom is 0.258 e. The van der Waals surface area contributed by atoms with Gasteiger partial charge in [0.25, 0.3) is 5.91 Å². The highest BCUT2D eigenvalue weighted by molar-refractivity contribution is 6.09. The summed E-state index contributed by atoms with van der Waals surface area (Å²) in [4.78, 5) is 32.9. The van der Waals surface area contributed by atoms with Crippen LogP contribution in [0.15, 0.2) is 24.3 Å². The number of fused-ring (bicyclic) bond motifs is 1. The number of rotatable bonds is 1. The van der Waals surface area contributed by atoms with Crippen molar-refractivity contribution in [2.75, 3.05) is 14.1 Å². The van der Waals surface area contributed by atoms with Gasteiger partial charge in [0.05, 0.1) is 6.42 Å². The maximum atomic E-state index is 11.2. The van der Waals surface area contributed by atoms with Crippen molar-refractivity contribution < 1.29 is 14.4 Å². The minimum atomic E-state index is -0.290. The third kappa shape index (κ3) is 3.71. The molecule has 90 valence electrons.